The maximum absolute atomic E-state index is 10.7. The normalized spacial score (nSPS) is 20.4. The molecule has 1 heterocycles. The maximum Gasteiger partial charge on any atom is 0.303 e. The molecular weight excluding hydrogens is 318 g/mol. The van der Waals surface area contributed by atoms with Crippen LogP contribution in [0.1, 0.15) is 62.2 Å². The van der Waals surface area contributed by atoms with E-state index in [4.69, 9.17) is 9.63 Å². The lowest BCUT2D eigenvalue weighted by Crippen LogP contribution is -2.25. The zero-order chi connectivity index (χ0) is 17.6. The number of carbonyl (C=O) groups is 1. The van der Waals surface area contributed by atoms with Crippen molar-refractivity contribution < 1.29 is 14.4 Å². The number of rotatable bonds is 7. The topological polar surface area (TPSA) is 88.2 Å². The summed E-state index contributed by atoms with van der Waals surface area (Å²) < 4.78 is 5.38. The largest absolute Gasteiger partial charge is 0.481 e. The van der Waals surface area contributed by atoms with Crippen molar-refractivity contribution in [2.45, 2.75) is 63.8 Å². The lowest BCUT2D eigenvalue weighted by Gasteiger charge is -2.28. The van der Waals surface area contributed by atoms with Gasteiger partial charge in [-0.25, -0.2) is 0 Å². The molecule has 6 nitrogen and oxygen atoms in total. The van der Waals surface area contributed by atoms with E-state index in [1.54, 1.807) is 0 Å². The summed E-state index contributed by atoms with van der Waals surface area (Å²) in [6.07, 6.45) is 5.75. The van der Waals surface area contributed by atoms with Gasteiger partial charge in [-0.05, 0) is 49.8 Å². The molecule has 3 rings (SSSR count). The Labute approximate surface area is 147 Å². The molecule has 1 aliphatic rings. The van der Waals surface area contributed by atoms with Crippen molar-refractivity contribution >= 4 is 11.7 Å². The van der Waals surface area contributed by atoms with Gasteiger partial charge in [0.1, 0.15) is 0 Å². The summed E-state index contributed by atoms with van der Waals surface area (Å²) in [6.45, 7) is 2.03. The average Bonchev–Trinajstić information content (AvgIpc) is 3.10. The number of anilines is 1. The van der Waals surface area contributed by atoms with Gasteiger partial charge in [0.2, 0.25) is 5.89 Å². The molecule has 0 aliphatic heterocycles. The fourth-order valence-corrected chi connectivity index (χ4v) is 3.37. The van der Waals surface area contributed by atoms with E-state index >= 15 is 0 Å². The summed E-state index contributed by atoms with van der Waals surface area (Å²) in [5.41, 5.74) is 2.12. The van der Waals surface area contributed by atoms with Crippen molar-refractivity contribution in [3.8, 4) is 0 Å². The van der Waals surface area contributed by atoms with E-state index < -0.39 is 5.97 Å². The van der Waals surface area contributed by atoms with Crippen molar-refractivity contribution in [3.05, 3.63) is 41.5 Å². The molecule has 1 aromatic carbocycles. The molecule has 1 saturated carbocycles. The number of aliphatic carboxylic acids is 1. The Bertz CT molecular complexity index is 705. The van der Waals surface area contributed by atoms with Crippen molar-refractivity contribution in [3.63, 3.8) is 0 Å². The predicted molar refractivity (Wildman–Crippen MR) is 94.7 cm³/mol. The van der Waals surface area contributed by atoms with Crippen LogP contribution in [0.25, 0.3) is 0 Å². The second kappa shape index (κ2) is 8.14. The molecule has 0 amide bonds. The number of carboxylic acids is 1. The van der Waals surface area contributed by atoms with Crippen molar-refractivity contribution in [2.75, 3.05) is 5.32 Å². The number of nitrogens with one attached hydrogen (secondary N) is 1. The molecule has 1 fully saturated rings. The van der Waals surface area contributed by atoms with E-state index in [1.165, 1.54) is 0 Å². The minimum absolute atomic E-state index is 0.165. The molecule has 2 aromatic rings. The average molecular weight is 343 g/mol. The number of hydrogen-bond donors (Lipinski definition) is 2. The van der Waals surface area contributed by atoms with Crippen molar-refractivity contribution in [2.24, 2.45) is 0 Å². The van der Waals surface area contributed by atoms with E-state index in [0.29, 0.717) is 18.4 Å². The van der Waals surface area contributed by atoms with Gasteiger partial charge in [0.25, 0.3) is 0 Å². The van der Waals surface area contributed by atoms with Crippen LogP contribution >= 0.6 is 0 Å². The maximum atomic E-state index is 10.7. The van der Waals surface area contributed by atoms with Crippen LogP contribution < -0.4 is 5.32 Å². The first kappa shape index (κ1) is 17.5. The zero-order valence-corrected chi connectivity index (χ0v) is 14.6. The van der Waals surface area contributed by atoms with Crippen LogP contribution in [0.5, 0.6) is 0 Å². The summed E-state index contributed by atoms with van der Waals surface area (Å²) in [7, 11) is 0. The van der Waals surface area contributed by atoms with Crippen LogP contribution in [0.3, 0.4) is 0 Å². The van der Waals surface area contributed by atoms with Crippen LogP contribution in [0.2, 0.25) is 0 Å². The summed E-state index contributed by atoms with van der Waals surface area (Å²) in [5, 5.41) is 16.4. The molecule has 0 saturated heterocycles. The third-order valence-electron chi connectivity index (χ3n) is 4.80. The Morgan fingerprint density at radius 2 is 2.12 bits per heavy atom. The van der Waals surface area contributed by atoms with Crippen LogP contribution in [0.4, 0.5) is 5.69 Å². The number of benzene rings is 1. The summed E-state index contributed by atoms with van der Waals surface area (Å²) >= 11 is 0. The van der Waals surface area contributed by atoms with Crippen LogP contribution in [-0.4, -0.2) is 27.3 Å². The highest BCUT2D eigenvalue weighted by atomic mass is 16.5. The van der Waals surface area contributed by atoms with Gasteiger partial charge in [-0.3, -0.25) is 4.79 Å². The van der Waals surface area contributed by atoms with Gasteiger partial charge in [-0.2, -0.15) is 4.98 Å². The fourth-order valence-electron chi connectivity index (χ4n) is 3.37. The highest BCUT2D eigenvalue weighted by Gasteiger charge is 2.26. The van der Waals surface area contributed by atoms with Gasteiger partial charge < -0.3 is 14.9 Å². The zero-order valence-electron chi connectivity index (χ0n) is 14.6. The molecule has 0 spiro atoms. The van der Waals surface area contributed by atoms with Gasteiger partial charge in [0.15, 0.2) is 5.82 Å². The SMILES string of the molecule is CCc1noc(C2CCC(Nc3cccc(CCC(=O)O)c3)CC2)n1. The highest BCUT2D eigenvalue weighted by molar-refractivity contribution is 5.67. The Morgan fingerprint density at radius 1 is 1.32 bits per heavy atom. The number of carboxylic acid groups (broad SMARTS) is 1. The van der Waals surface area contributed by atoms with E-state index in [2.05, 4.69) is 21.5 Å². The quantitative estimate of drug-likeness (QED) is 0.795. The smallest absolute Gasteiger partial charge is 0.303 e. The first-order valence-electron chi connectivity index (χ1n) is 9.03. The molecule has 0 unspecified atom stereocenters. The van der Waals surface area contributed by atoms with Crippen LogP contribution in [0, 0.1) is 0 Å². The van der Waals surface area contributed by atoms with Crippen molar-refractivity contribution in [1.82, 2.24) is 10.1 Å². The van der Waals surface area contributed by atoms with Gasteiger partial charge >= 0.3 is 5.97 Å². The minimum Gasteiger partial charge on any atom is -0.481 e. The molecule has 0 radical (unpaired) electrons. The first-order chi connectivity index (χ1) is 12.1. The number of aryl methyl sites for hydroxylation is 2. The van der Waals surface area contributed by atoms with Crippen LogP contribution in [0.15, 0.2) is 28.8 Å². The van der Waals surface area contributed by atoms with Gasteiger partial charge in [-0.15, -0.1) is 0 Å². The Kier molecular flexibility index (Phi) is 5.68. The Hall–Kier alpha value is -2.37. The Balaban J connectivity index is 1.51. The van der Waals surface area contributed by atoms with Gasteiger partial charge in [0.05, 0.1) is 0 Å². The van der Waals surface area contributed by atoms with E-state index in [9.17, 15) is 4.79 Å². The van der Waals surface area contributed by atoms with Gasteiger partial charge in [0, 0.05) is 30.5 Å². The molecule has 1 aliphatic carbocycles. The minimum atomic E-state index is -0.760. The highest BCUT2D eigenvalue weighted by Crippen LogP contribution is 2.33. The summed E-state index contributed by atoms with van der Waals surface area (Å²) in [4.78, 5) is 15.2. The molecule has 0 atom stereocenters. The lowest BCUT2D eigenvalue weighted by molar-refractivity contribution is -0.136. The molecule has 1 aromatic heterocycles. The van der Waals surface area contributed by atoms with Crippen LogP contribution in [-0.2, 0) is 17.6 Å². The molecule has 134 valence electrons. The summed E-state index contributed by atoms with van der Waals surface area (Å²) in [6, 6.07) is 8.49. The van der Waals surface area contributed by atoms with Crippen molar-refractivity contribution in [1.29, 1.82) is 0 Å². The fraction of sp³-hybridized carbons (Fsp3) is 0.526. The second-order valence-electron chi connectivity index (χ2n) is 6.69. The molecule has 0 bridgehead atoms. The Morgan fingerprint density at radius 3 is 2.80 bits per heavy atom. The lowest BCUT2D eigenvalue weighted by atomic mass is 9.86. The predicted octanol–water partition coefficient (Wildman–Crippen LogP) is 3.79. The number of aromatic nitrogens is 2. The van der Waals surface area contributed by atoms with Gasteiger partial charge in [-0.1, -0.05) is 24.2 Å². The van der Waals surface area contributed by atoms with E-state index in [1.807, 2.05) is 25.1 Å². The monoisotopic (exact) mass is 343 g/mol. The number of nitrogens with zero attached hydrogens (tertiary/aromatic N) is 2. The molecule has 25 heavy (non-hydrogen) atoms. The van der Waals surface area contributed by atoms with E-state index in [-0.39, 0.29) is 6.42 Å². The third kappa shape index (κ3) is 4.81. The van der Waals surface area contributed by atoms with E-state index in [0.717, 1.165) is 55.1 Å². The third-order valence-corrected chi connectivity index (χ3v) is 4.80. The molecule has 2 N–H and O–H groups in total. The number of hydrogen-bond acceptors (Lipinski definition) is 5. The molecule has 6 heteroatoms. The molecular formula is C19H25N3O3. The first-order valence-corrected chi connectivity index (χ1v) is 9.03. The summed E-state index contributed by atoms with van der Waals surface area (Å²) in [5.74, 6) is 1.18. The second-order valence-corrected chi connectivity index (χ2v) is 6.69. The standard InChI is InChI=1S/C19H25N3O3/c1-2-17-21-19(25-22-17)14-7-9-15(10-8-14)20-16-5-3-4-13(12-16)6-11-18(23)24/h3-5,12,14-15,20H,2,6-11H2,1H3,(H,23,24).